The average molecular weight is 430 g/mol. The first-order chi connectivity index (χ1) is 15.1. The third kappa shape index (κ3) is 5.76. The van der Waals surface area contributed by atoms with Gasteiger partial charge in [0.05, 0.1) is 18.1 Å². The smallest absolute Gasteiger partial charge is 0.326 e. The molecule has 2 unspecified atom stereocenters. The molecule has 0 spiro atoms. The molecule has 7 heteroatoms. The molecule has 0 aliphatic carbocycles. The van der Waals surface area contributed by atoms with Crippen LogP contribution < -0.4 is 10.6 Å². The molecule has 2 saturated heterocycles. The van der Waals surface area contributed by atoms with Crippen LogP contribution in [0.4, 0.5) is 5.82 Å². The van der Waals surface area contributed by atoms with Crippen LogP contribution in [0.5, 0.6) is 0 Å². The number of hydrogen-bond acceptors (Lipinski definition) is 5. The molecule has 170 valence electrons. The predicted molar refractivity (Wildman–Crippen MR) is 118 cm³/mol. The van der Waals surface area contributed by atoms with Gasteiger partial charge in [-0.15, -0.1) is 0 Å². The number of rotatable bonds is 11. The van der Waals surface area contributed by atoms with E-state index in [1.165, 1.54) is 12.0 Å². The number of carboxylic acid groups (broad SMARTS) is 1. The summed E-state index contributed by atoms with van der Waals surface area (Å²) in [5.41, 5.74) is 2.47. The summed E-state index contributed by atoms with van der Waals surface area (Å²) in [6.07, 6.45) is 11.7. The predicted octanol–water partition coefficient (Wildman–Crippen LogP) is 3.46. The molecule has 3 aliphatic heterocycles. The number of aryl methyl sites for hydroxylation is 2. The van der Waals surface area contributed by atoms with E-state index in [0.29, 0.717) is 6.42 Å². The number of unbranched alkanes of at least 4 members (excludes halogenated alkanes) is 4. The second kappa shape index (κ2) is 10.4. The van der Waals surface area contributed by atoms with Gasteiger partial charge in [-0.25, -0.2) is 9.78 Å². The van der Waals surface area contributed by atoms with Crippen LogP contribution in [0.1, 0.15) is 75.5 Å². The molecule has 7 nitrogen and oxygen atoms in total. The fourth-order valence-corrected chi connectivity index (χ4v) is 5.14. The van der Waals surface area contributed by atoms with Crippen molar-refractivity contribution in [1.29, 1.82) is 0 Å². The highest BCUT2D eigenvalue weighted by Gasteiger charge is 2.45. The van der Waals surface area contributed by atoms with Crippen LogP contribution in [-0.4, -0.2) is 46.8 Å². The van der Waals surface area contributed by atoms with Gasteiger partial charge in [-0.3, -0.25) is 4.79 Å². The lowest BCUT2D eigenvalue weighted by Gasteiger charge is -2.21. The van der Waals surface area contributed by atoms with E-state index in [-0.39, 0.29) is 24.0 Å². The van der Waals surface area contributed by atoms with Crippen molar-refractivity contribution in [1.82, 2.24) is 10.3 Å². The number of anilines is 1. The van der Waals surface area contributed by atoms with Crippen molar-refractivity contribution in [3.63, 3.8) is 0 Å². The number of amides is 1. The number of nitrogens with zero attached hydrogens (tertiary/aromatic N) is 1. The van der Waals surface area contributed by atoms with Crippen molar-refractivity contribution < 1.29 is 19.4 Å². The van der Waals surface area contributed by atoms with Crippen LogP contribution in [0.3, 0.4) is 0 Å². The summed E-state index contributed by atoms with van der Waals surface area (Å²) in [5.74, 6) is -0.202. The lowest BCUT2D eigenvalue weighted by atomic mass is 9.88. The quantitative estimate of drug-likeness (QED) is 0.466. The van der Waals surface area contributed by atoms with Gasteiger partial charge in [0.25, 0.3) is 0 Å². The molecule has 4 atom stereocenters. The summed E-state index contributed by atoms with van der Waals surface area (Å²) in [5, 5.41) is 15.6. The second-order valence-electron chi connectivity index (χ2n) is 9.26. The van der Waals surface area contributed by atoms with Crippen LogP contribution in [0, 0.1) is 5.92 Å². The van der Waals surface area contributed by atoms with Gasteiger partial charge < -0.3 is 20.5 Å². The van der Waals surface area contributed by atoms with Gasteiger partial charge in [-0.05, 0) is 63.0 Å². The maximum atomic E-state index is 12.5. The number of carboxylic acids is 1. The van der Waals surface area contributed by atoms with Gasteiger partial charge in [0, 0.05) is 12.2 Å². The third-order valence-electron chi connectivity index (χ3n) is 6.93. The van der Waals surface area contributed by atoms with E-state index in [0.717, 1.165) is 82.3 Å². The molecule has 2 bridgehead atoms. The summed E-state index contributed by atoms with van der Waals surface area (Å²) in [6.45, 7) is 1.01. The van der Waals surface area contributed by atoms with E-state index in [1.807, 2.05) is 0 Å². The Bertz CT molecular complexity index is 784. The highest BCUT2D eigenvalue weighted by Crippen LogP contribution is 2.38. The molecule has 1 aromatic heterocycles. The van der Waals surface area contributed by atoms with Gasteiger partial charge in [0.15, 0.2) is 0 Å². The standard InChI is InChI=1S/C24H35N3O4/c28-23(19-15-18-12-13-21(19)31-18)27-20(24(29)30)9-5-3-1-2-4-8-17-11-10-16-7-6-14-25-22(16)26-17/h10-11,18-21H,1-9,12-15H2,(H,25,26)(H,27,28)(H,29,30)/t18?,19-,20+,21?/m1/s1. The maximum absolute atomic E-state index is 12.5. The number of aromatic nitrogens is 1. The topological polar surface area (TPSA) is 101 Å². The van der Waals surface area contributed by atoms with Crippen molar-refractivity contribution in [3.8, 4) is 0 Å². The molecule has 0 aromatic carbocycles. The van der Waals surface area contributed by atoms with Crippen LogP contribution >= 0.6 is 0 Å². The Hall–Kier alpha value is -2.15. The average Bonchev–Trinajstić information content (AvgIpc) is 3.41. The Labute approximate surface area is 184 Å². The summed E-state index contributed by atoms with van der Waals surface area (Å²) in [4.78, 5) is 28.8. The van der Waals surface area contributed by atoms with Crippen molar-refractivity contribution in [2.75, 3.05) is 11.9 Å². The summed E-state index contributed by atoms with van der Waals surface area (Å²) in [6, 6.07) is 3.55. The number of hydrogen-bond donors (Lipinski definition) is 3. The Morgan fingerprint density at radius 2 is 2.03 bits per heavy atom. The number of pyridine rings is 1. The third-order valence-corrected chi connectivity index (χ3v) is 6.93. The molecule has 0 radical (unpaired) electrons. The SMILES string of the molecule is O=C(O)[C@H](CCCCCCCc1ccc2c(n1)NCCC2)NC(=O)[C@@H]1CC2CCC1O2. The number of carbonyl (C=O) groups is 2. The number of nitrogens with one attached hydrogen (secondary N) is 2. The van der Waals surface area contributed by atoms with Gasteiger partial charge in [-0.2, -0.15) is 0 Å². The first-order valence-electron chi connectivity index (χ1n) is 12.0. The summed E-state index contributed by atoms with van der Waals surface area (Å²) in [7, 11) is 0. The highest BCUT2D eigenvalue weighted by molar-refractivity contribution is 5.85. The monoisotopic (exact) mass is 429 g/mol. The fourth-order valence-electron chi connectivity index (χ4n) is 5.14. The van der Waals surface area contributed by atoms with Gasteiger partial charge >= 0.3 is 5.97 Å². The molecule has 3 aliphatic rings. The molecule has 2 fully saturated rings. The first kappa shape index (κ1) is 22.1. The van der Waals surface area contributed by atoms with Crippen molar-refractivity contribution in [2.24, 2.45) is 5.92 Å². The maximum Gasteiger partial charge on any atom is 0.326 e. The molecule has 4 heterocycles. The lowest BCUT2D eigenvalue weighted by Crippen LogP contribution is -2.45. The molecular weight excluding hydrogens is 394 g/mol. The minimum absolute atomic E-state index is 0.0140. The van der Waals surface area contributed by atoms with E-state index in [9.17, 15) is 14.7 Å². The minimum Gasteiger partial charge on any atom is -0.480 e. The lowest BCUT2D eigenvalue weighted by molar-refractivity contribution is -0.143. The Morgan fingerprint density at radius 1 is 1.19 bits per heavy atom. The molecule has 1 aromatic rings. The molecule has 0 saturated carbocycles. The number of aliphatic carboxylic acids is 1. The summed E-state index contributed by atoms with van der Waals surface area (Å²) < 4.78 is 5.73. The van der Waals surface area contributed by atoms with Crippen LogP contribution in [0.25, 0.3) is 0 Å². The largest absolute Gasteiger partial charge is 0.480 e. The Balaban J connectivity index is 1.10. The fraction of sp³-hybridized carbons (Fsp3) is 0.708. The van der Waals surface area contributed by atoms with Gasteiger partial charge in [0.1, 0.15) is 11.9 Å². The molecular formula is C24H35N3O4. The van der Waals surface area contributed by atoms with E-state index < -0.39 is 12.0 Å². The number of ether oxygens (including phenoxy) is 1. The van der Waals surface area contributed by atoms with E-state index >= 15 is 0 Å². The molecule has 31 heavy (non-hydrogen) atoms. The molecule has 1 amide bonds. The molecule has 3 N–H and O–H groups in total. The molecule has 4 rings (SSSR count). The van der Waals surface area contributed by atoms with Crippen LogP contribution in [0.2, 0.25) is 0 Å². The van der Waals surface area contributed by atoms with Gasteiger partial charge in [-0.1, -0.05) is 31.7 Å². The highest BCUT2D eigenvalue weighted by atomic mass is 16.5. The van der Waals surface area contributed by atoms with Crippen molar-refractivity contribution >= 4 is 17.7 Å². The van der Waals surface area contributed by atoms with Gasteiger partial charge in [0.2, 0.25) is 5.91 Å². The Kier molecular flexibility index (Phi) is 7.43. The van der Waals surface area contributed by atoms with Crippen molar-refractivity contribution in [3.05, 3.63) is 23.4 Å². The number of carbonyl (C=O) groups excluding carboxylic acids is 1. The van der Waals surface area contributed by atoms with Crippen LogP contribution in [0.15, 0.2) is 12.1 Å². The van der Waals surface area contributed by atoms with E-state index in [4.69, 9.17) is 9.72 Å². The normalized spacial score (nSPS) is 25.0. The van der Waals surface area contributed by atoms with E-state index in [2.05, 4.69) is 22.8 Å². The zero-order valence-electron chi connectivity index (χ0n) is 18.3. The number of fused-ring (bicyclic) bond motifs is 3. The van der Waals surface area contributed by atoms with E-state index in [1.54, 1.807) is 0 Å². The summed E-state index contributed by atoms with van der Waals surface area (Å²) >= 11 is 0. The zero-order chi connectivity index (χ0) is 21.6. The zero-order valence-corrected chi connectivity index (χ0v) is 18.3. The minimum atomic E-state index is -0.940. The first-order valence-corrected chi connectivity index (χ1v) is 12.0. The van der Waals surface area contributed by atoms with Crippen LogP contribution in [-0.2, 0) is 27.2 Å². The Morgan fingerprint density at radius 3 is 2.81 bits per heavy atom. The van der Waals surface area contributed by atoms with Crippen molar-refractivity contribution in [2.45, 2.75) is 95.3 Å². The second-order valence-corrected chi connectivity index (χ2v) is 9.26.